The van der Waals surface area contributed by atoms with Gasteiger partial charge < -0.3 is 14.3 Å². The summed E-state index contributed by atoms with van der Waals surface area (Å²) in [5.41, 5.74) is 1.59. The molecule has 0 N–H and O–H groups in total. The smallest absolute Gasteiger partial charge is 0.253 e. The standard InChI is InChI=1S/C22H25N5O3S/c1-29-23-16-17-6-8-18(9-7-17)22(28)27-13-11-26(12-14-27)10-2-5-20-24-21(25-30-20)19-4-3-15-31-19/h3-4,6-9,15-16H,2,5,10-14H2,1H3/b23-16+. The number of amides is 1. The number of oxime groups is 1. The Morgan fingerprint density at radius 3 is 2.74 bits per heavy atom. The number of thiophene rings is 1. The zero-order chi connectivity index (χ0) is 21.5. The first-order valence-electron chi connectivity index (χ1n) is 10.3. The minimum absolute atomic E-state index is 0.0712. The predicted octanol–water partition coefficient (Wildman–Crippen LogP) is 3.17. The van der Waals surface area contributed by atoms with Crippen LogP contribution < -0.4 is 0 Å². The van der Waals surface area contributed by atoms with Crippen LogP contribution in [0, 0.1) is 0 Å². The van der Waals surface area contributed by atoms with Gasteiger partial charge in [-0.05, 0) is 42.1 Å². The minimum Gasteiger partial charge on any atom is -0.399 e. The van der Waals surface area contributed by atoms with Gasteiger partial charge in [-0.25, -0.2) is 0 Å². The molecule has 2 aromatic heterocycles. The molecule has 0 radical (unpaired) electrons. The van der Waals surface area contributed by atoms with E-state index in [0.29, 0.717) is 17.3 Å². The Morgan fingerprint density at radius 1 is 1.23 bits per heavy atom. The van der Waals surface area contributed by atoms with Crippen LogP contribution in [0.1, 0.15) is 28.2 Å². The van der Waals surface area contributed by atoms with Crippen molar-refractivity contribution in [1.29, 1.82) is 0 Å². The fourth-order valence-electron chi connectivity index (χ4n) is 3.50. The fraction of sp³-hybridized carbons (Fsp3) is 0.364. The highest BCUT2D eigenvalue weighted by molar-refractivity contribution is 7.13. The topological polar surface area (TPSA) is 84.1 Å². The summed E-state index contributed by atoms with van der Waals surface area (Å²) in [6, 6.07) is 11.4. The Labute approximate surface area is 185 Å². The van der Waals surface area contributed by atoms with Crippen molar-refractivity contribution in [3.63, 3.8) is 0 Å². The Morgan fingerprint density at radius 2 is 2.03 bits per heavy atom. The number of carbonyl (C=O) groups is 1. The summed E-state index contributed by atoms with van der Waals surface area (Å²) in [5.74, 6) is 1.41. The van der Waals surface area contributed by atoms with Gasteiger partial charge in [-0.3, -0.25) is 9.69 Å². The summed E-state index contributed by atoms with van der Waals surface area (Å²) >= 11 is 1.60. The molecule has 0 aliphatic carbocycles. The number of benzene rings is 1. The van der Waals surface area contributed by atoms with Crippen molar-refractivity contribution in [2.75, 3.05) is 39.8 Å². The lowest BCUT2D eigenvalue weighted by Gasteiger charge is -2.34. The molecule has 3 heterocycles. The molecule has 9 heteroatoms. The Kier molecular flexibility index (Phi) is 7.06. The van der Waals surface area contributed by atoms with E-state index < -0.39 is 0 Å². The second kappa shape index (κ2) is 10.3. The molecule has 0 unspecified atom stereocenters. The van der Waals surface area contributed by atoms with Gasteiger partial charge in [0.25, 0.3) is 5.91 Å². The number of piperazine rings is 1. The van der Waals surface area contributed by atoms with Crippen LogP contribution in [0.25, 0.3) is 10.7 Å². The highest BCUT2D eigenvalue weighted by Gasteiger charge is 2.22. The zero-order valence-corrected chi connectivity index (χ0v) is 18.3. The van der Waals surface area contributed by atoms with Gasteiger partial charge in [0.2, 0.25) is 11.7 Å². The van der Waals surface area contributed by atoms with E-state index in [1.54, 1.807) is 17.6 Å². The number of carbonyl (C=O) groups excluding carboxylic acids is 1. The van der Waals surface area contributed by atoms with Gasteiger partial charge in [0, 0.05) is 38.2 Å². The molecule has 3 aromatic rings. The summed E-state index contributed by atoms with van der Waals surface area (Å²) in [6.07, 6.45) is 3.32. The maximum absolute atomic E-state index is 12.8. The fourth-order valence-corrected chi connectivity index (χ4v) is 4.15. The van der Waals surface area contributed by atoms with Gasteiger partial charge in [-0.15, -0.1) is 11.3 Å². The van der Waals surface area contributed by atoms with Crippen molar-refractivity contribution in [3.8, 4) is 10.7 Å². The molecule has 0 bridgehead atoms. The number of rotatable bonds is 8. The lowest BCUT2D eigenvalue weighted by molar-refractivity contribution is 0.0635. The summed E-state index contributed by atoms with van der Waals surface area (Å²) in [4.78, 5) is 27.2. The summed E-state index contributed by atoms with van der Waals surface area (Å²) in [5, 5.41) is 9.79. The van der Waals surface area contributed by atoms with Crippen LogP contribution >= 0.6 is 11.3 Å². The normalized spacial score (nSPS) is 14.9. The predicted molar refractivity (Wildman–Crippen MR) is 119 cm³/mol. The van der Waals surface area contributed by atoms with Gasteiger partial charge in [0.1, 0.15) is 7.11 Å². The minimum atomic E-state index is 0.0712. The van der Waals surface area contributed by atoms with Gasteiger partial charge >= 0.3 is 0 Å². The second-order valence-corrected chi connectivity index (χ2v) is 8.21. The van der Waals surface area contributed by atoms with Crippen molar-refractivity contribution in [2.45, 2.75) is 12.8 Å². The number of nitrogens with zero attached hydrogens (tertiary/aromatic N) is 5. The van der Waals surface area contributed by atoms with Crippen LogP contribution in [0.2, 0.25) is 0 Å². The molecule has 0 spiro atoms. The van der Waals surface area contributed by atoms with Crippen LogP contribution in [-0.4, -0.2) is 71.9 Å². The van der Waals surface area contributed by atoms with Crippen molar-refractivity contribution < 1.29 is 14.2 Å². The SMILES string of the molecule is CO/N=C/c1ccc(C(=O)N2CCN(CCCc3nc(-c4cccs4)no3)CC2)cc1. The first-order valence-corrected chi connectivity index (χ1v) is 11.2. The molecule has 31 heavy (non-hydrogen) atoms. The molecule has 8 nitrogen and oxygen atoms in total. The summed E-state index contributed by atoms with van der Waals surface area (Å²) < 4.78 is 5.36. The van der Waals surface area contributed by atoms with E-state index in [1.165, 1.54) is 7.11 Å². The van der Waals surface area contributed by atoms with E-state index in [-0.39, 0.29) is 5.91 Å². The molecular formula is C22H25N5O3S. The largest absolute Gasteiger partial charge is 0.399 e. The average Bonchev–Trinajstić information content (AvgIpc) is 3.50. The van der Waals surface area contributed by atoms with Crippen molar-refractivity contribution in [3.05, 3.63) is 58.8 Å². The first-order chi connectivity index (χ1) is 15.2. The second-order valence-electron chi connectivity index (χ2n) is 7.27. The molecule has 1 aliphatic rings. The molecule has 162 valence electrons. The number of aromatic nitrogens is 2. The van der Waals surface area contributed by atoms with E-state index >= 15 is 0 Å². The van der Waals surface area contributed by atoms with E-state index in [4.69, 9.17) is 4.52 Å². The van der Waals surface area contributed by atoms with Crippen LogP contribution in [-0.2, 0) is 11.3 Å². The Hall–Kier alpha value is -3.04. The number of hydrogen-bond acceptors (Lipinski definition) is 8. The molecule has 1 saturated heterocycles. The highest BCUT2D eigenvalue weighted by atomic mass is 32.1. The maximum atomic E-state index is 12.8. The highest BCUT2D eigenvalue weighted by Crippen LogP contribution is 2.21. The summed E-state index contributed by atoms with van der Waals surface area (Å²) in [6.45, 7) is 4.15. The van der Waals surface area contributed by atoms with Crippen LogP contribution in [0.4, 0.5) is 0 Å². The third-order valence-electron chi connectivity index (χ3n) is 5.20. The zero-order valence-electron chi connectivity index (χ0n) is 17.4. The lowest BCUT2D eigenvalue weighted by Crippen LogP contribution is -2.48. The van der Waals surface area contributed by atoms with Gasteiger partial charge in [-0.1, -0.05) is 28.5 Å². The van der Waals surface area contributed by atoms with Gasteiger partial charge in [0.05, 0.1) is 11.1 Å². The summed E-state index contributed by atoms with van der Waals surface area (Å²) in [7, 11) is 1.50. The molecular weight excluding hydrogens is 414 g/mol. The molecule has 4 rings (SSSR count). The molecule has 1 aromatic carbocycles. The molecule has 1 fully saturated rings. The van der Waals surface area contributed by atoms with E-state index in [2.05, 4.69) is 25.0 Å². The average molecular weight is 440 g/mol. The van der Waals surface area contributed by atoms with Gasteiger partial charge in [0.15, 0.2) is 0 Å². The molecule has 0 atom stereocenters. The van der Waals surface area contributed by atoms with Crippen molar-refractivity contribution in [1.82, 2.24) is 19.9 Å². The monoisotopic (exact) mass is 439 g/mol. The Balaban J connectivity index is 1.20. The van der Waals surface area contributed by atoms with Crippen LogP contribution in [0.5, 0.6) is 0 Å². The van der Waals surface area contributed by atoms with Gasteiger partial charge in [-0.2, -0.15) is 4.98 Å². The third kappa shape index (κ3) is 5.56. The quantitative estimate of drug-likeness (QED) is 0.396. The Bertz CT molecular complexity index is 993. The van der Waals surface area contributed by atoms with E-state index in [0.717, 1.165) is 56.0 Å². The maximum Gasteiger partial charge on any atom is 0.253 e. The molecule has 1 amide bonds. The van der Waals surface area contributed by atoms with E-state index in [1.807, 2.05) is 46.7 Å². The number of aryl methyl sites for hydroxylation is 1. The first kappa shape index (κ1) is 21.2. The van der Waals surface area contributed by atoms with Crippen molar-refractivity contribution in [2.24, 2.45) is 5.16 Å². The van der Waals surface area contributed by atoms with Crippen LogP contribution in [0.15, 0.2) is 51.5 Å². The van der Waals surface area contributed by atoms with Crippen molar-refractivity contribution >= 4 is 23.5 Å². The van der Waals surface area contributed by atoms with E-state index in [9.17, 15) is 4.79 Å². The number of hydrogen-bond donors (Lipinski definition) is 0. The lowest BCUT2D eigenvalue weighted by atomic mass is 10.1. The molecule has 1 aliphatic heterocycles. The van der Waals surface area contributed by atoms with Crippen LogP contribution in [0.3, 0.4) is 0 Å². The third-order valence-corrected chi connectivity index (χ3v) is 6.06. The molecule has 0 saturated carbocycles.